The van der Waals surface area contributed by atoms with Crippen LogP contribution >= 0.6 is 11.6 Å². The molecule has 33 heavy (non-hydrogen) atoms. The highest BCUT2D eigenvalue weighted by atomic mass is 35.5. The monoisotopic (exact) mass is 475 g/mol. The molecule has 0 saturated carbocycles. The summed E-state index contributed by atoms with van der Waals surface area (Å²) in [5.74, 6) is -0.618. The minimum Gasteiger partial charge on any atom is -0.595 e. The van der Waals surface area contributed by atoms with E-state index in [2.05, 4.69) is 15.8 Å². The van der Waals surface area contributed by atoms with Gasteiger partial charge in [0.25, 0.3) is 5.91 Å². The van der Waals surface area contributed by atoms with E-state index in [1.54, 1.807) is 42.5 Å². The number of quaternary nitrogens is 2. The van der Waals surface area contributed by atoms with Gasteiger partial charge >= 0.3 is 0 Å². The molecule has 12 nitrogen and oxygen atoms in total. The Hall–Kier alpha value is -3.62. The van der Waals surface area contributed by atoms with Crippen molar-refractivity contribution in [1.82, 2.24) is 0 Å². The van der Waals surface area contributed by atoms with E-state index in [4.69, 9.17) is 16.8 Å². The summed E-state index contributed by atoms with van der Waals surface area (Å²) < 4.78 is 0.829. The van der Waals surface area contributed by atoms with Crippen molar-refractivity contribution < 1.29 is 35.6 Å². The van der Waals surface area contributed by atoms with Crippen LogP contribution in [0.2, 0.25) is 5.02 Å². The zero-order valence-corrected chi connectivity index (χ0v) is 17.7. The molecule has 2 atom stereocenters. The summed E-state index contributed by atoms with van der Waals surface area (Å²) >= 11 is 5.86. The molecule has 13 heteroatoms. The van der Waals surface area contributed by atoms with E-state index in [1.807, 2.05) is 0 Å². The maximum absolute atomic E-state index is 12.9. The lowest BCUT2D eigenvalue weighted by molar-refractivity contribution is -0.996. The van der Waals surface area contributed by atoms with Crippen LogP contribution in [0.25, 0.3) is 0 Å². The first-order valence-electron chi connectivity index (χ1n) is 9.43. The van der Waals surface area contributed by atoms with Crippen molar-refractivity contribution in [2.24, 2.45) is 5.10 Å². The summed E-state index contributed by atoms with van der Waals surface area (Å²) in [6.45, 7) is 0. The van der Waals surface area contributed by atoms with E-state index in [0.717, 1.165) is 10.8 Å². The van der Waals surface area contributed by atoms with Crippen LogP contribution in [0.4, 0.5) is 22.7 Å². The lowest BCUT2D eigenvalue weighted by atomic mass is 10.1. The van der Waals surface area contributed by atoms with Gasteiger partial charge in [-0.25, -0.2) is 10.4 Å². The van der Waals surface area contributed by atoms with Crippen molar-refractivity contribution in [1.29, 1.82) is 0 Å². The Morgan fingerprint density at radius 3 is 2.42 bits per heavy atom. The van der Waals surface area contributed by atoms with Gasteiger partial charge < -0.3 is 15.7 Å². The summed E-state index contributed by atoms with van der Waals surface area (Å²) in [5, 5.41) is 55.8. The fraction of sp³-hybridized carbons (Fsp3) is 0.0500. The average Bonchev–Trinajstić information content (AvgIpc) is 2.79. The second-order valence-electron chi connectivity index (χ2n) is 6.72. The average molecular weight is 476 g/mol. The van der Waals surface area contributed by atoms with Crippen LogP contribution < -0.4 is 25.9 Å². The molecule has 2 unspecified atom stereocenters. The second-order valence-corrected chi connectivity index (χ2v) is 7.15. The van der Waals surface area contributed by atoms with Crippen molar-refractivity contribution >= 4 is 46.0 Å². The highest BCUT2D eigenvalue weighted by molar-refractivity contribution is 6.43. The van der Waals surface area contributed by atoms with Gasteiger partial charge in [-0.1, -0.05) is 11.6 Å². The lowest BCUT2D eigenvalue weighted by Gasteiger charge is -2.18. The van der Waals surface area contributed by atoms with Crippen LogP contribution in [0.5, 0.6) is 0 Å². The van der Waals surface area contributed by atoms with Gasteiger partial charge in [-0.3, -0.25) is 15.4 Å². The summed E-state index contributed by atoms with van der Waals surface area (Å²) in [6, 6.07) is 14.6. The minimum absolute atomic E-state index is 0.0192. The van der Waals surface area contributed by atoms with Crippen molar-refractivity contribution in [2.75, 3.05) is 10.7 Å². The second kappa shape index (κ2) is 10.8. The van der Waals surface area contributed by atoms with Crippen molar-refractivity contribution in [3.63, 3.8) is 0 Å². The van der Waals surface area contributed by atoms with Crippen LogP contribution in [0, 0.1) is 10.4 Å². The number of nitrogens with zero attached hydrogens (tertiary/aromatic N) is 2. The van der Waals surface area contributed by atoms with Gasteiger partial charge in [-0.05, 0) is 36.4 Å². The zero-order valence-electron chi connectivity index (χ0n) is 16.9. The Labute approximate surface area is 192 Å². The number of aromatic nitrogens is 1. The van der Waals surface area contributed by atoms with Gasteiger partial charge in [0, 0.05) is 33.6 Å². The van der Waals surface area contributed by atoms with Crippen molar-refractivity contribution in [2.45, 2.75) is 6.42 Å². The van der Waals surface area contributed by atoms with Gasteiger partial charge in [0.2, 0.25) is 11.9 Å². The topological polar surface area (TPSA) is 173 Å². The Balaban J connectivity index is 1.92. The van der Waals surface area contributed by atoms with Crippen LogP contribution in [0.1, 0.15) is 5.69 Å². The maximum Gasteiger partial charge on any atom is 0.272 e. The molecule has 0 fully saturated rings. The number of hydrogen-bond donors (Lipinski definition) is 7. The van der Waals surface area contributed by atoms with Crippen molar-refractivity contribution in [3.05, 3.63) is 88.0 Å². The molecule has 0 spiro atoms. The third-order valence-electron chi connectivity index (χ3n) is 4.44. The summed E-state index contributed by atoms with van der Waals surface area (Å²) in [4.78, 5) is 12.9. The molecule has 1 amide bonds. The Morgan fingerprint density at radius 1 is 1.06 bits per heavy atom. The molecule has 0 radical (unpaired) electrons. The van der Waals surface area contributed by atoms with Crippen LogP contribution in [-0.4, -0.2) is 27.2 Å². The minimum atomic E-state index is -1.38. The van der Waals surface area contributed by atoms with E-state index in [-0.39, 0.29) is 29.2 Å². The number of anilines is 2. The molecule has 0 saturated heterocycles. The van der Waals surface area contributed by atoms with E-state index in [9.17, 15) is 25.6 Å². The summed E-state index contributed by atoms with van der Waals surface area (Å²) in [7, 11) is 0. The first-order chi connectivity index (χ1) is 15.7. The smallest absolute Gasteiger partial charge is 0.272 e. The van der Waals surface area contributed by atoms with Gasteiger partial charge in [0.15, 0.2) is 11.4 Å². The zero-order chi connectivity index (χ0) is 24.0. The molecule has 0 aliphatic heterocycles. The van der Waals surface area contributed by atoms with Gasteiger partial charge in [0.05, 0.1) is 12.5 Å². The molecule has 2 aromatic carbocycles. The number of halogens is 1. The number of hydrazone groups is 1. The van der Waals surface area contributed by atoms with Crippen LogP contribution in [0.15, 0.2) is 72.0 Å². The van der Waals surface area contributed by atoms with E-state index in [0.29, 0.717) is 16.4 Å². The van der Waals surface area contributed by atoms with E-state index in [1.165, 1.54) is 18.3 Å². The van der Waals surface area contributed by atoms with Gasteiger partial charge in [-0.2, -0.15) is 15.6 Å². The van der Waals surface area contributed by atoms with E-state index >= 15 is 0 Å². The standard InChI is InChI=1S/C20H19ClN6O6/c21-13-4-6-14(7-5-13)22-20(28)18(11-15-3-1-2-10-25(15)29)24-23-17-9-8-16(26(30)31)12-19(17)27(32)33/h1-10,12,26-27,30,32H,11H2,(H2-,22,23,28,29)/p+1. The van der Waals surface area contributed by atoms with Gasteiger partial charge in [0.1, 0.15) is 11.4 Å². The summed E-state index contributed by atoms with van der Waals surface area (Å²) in [6.07, 6.45) is 1.27. The molecule has 0 aliphatic carbocycles. The maximum atomic E-state index is 12.9. The predicted molar refractivity (Wildman–Crippen MR) is 117 cm³/mol. The first-order valence-corrected chi connectivity index (χ1v) is 9.81. The molecule has 172 valence electrons. The quantitative estimate of drug-likeness (QED) is 0.106. The number of hydrogen-bond acceptors (Lipinski definition) is 8. The third kappa shape index (κ3) is 6.44. The number of carbonyl (C=O) groups is 1. The number of carbonyl (C=O) groups excluding carboxylic acids is 1. The molecular weight excluding hydrogens is 456 g/mol. The number of amides is 1. The number of benzene rings is 2. The van der Waals surface area contributed by atoms with E-state index < -0.39 is 16.4 Å². The predicted octanol–water partition coefficient (Wildman–Crippen LogP) is 0.321. The fourth-order valence-electron chi connectivity index (χ4n) is 2.77. The molecule has 0 aliphatic rings. The van der Waals surface area contributed by atoms with Crippen LogP contribution in [0.3, 0.4) is 0 Å². The first kappa shape index (κ1) is 24.0. The highest BCUT2D eigenvalue weighted by Crippen LogP contribution is 2.21. The molecule has 7 N–H and O–H groups in total. The Bertz CT molecular complexity index is 1160. The largest absolute Gasteiger partial charge is 0.595 e. The van der Waals surface area contributed by atoms with Crippen molar-refractivity contribution in [3.8, 4) is 0 Å². The van der Waals surface area contributed by atoms with Gasteiger partial charge in [-0.15, -0.1) is 0 Å². The number of pyridine rings is 1. The third-order valence-corrected chi connectivity index (χ3v) is 4.69. The molecule has 3 aromatic rings. The Morgan fingerprint density at radius 2 is 1.79 bits per heavy atom. The lowest BCUT2D eigenvalue weighted by Crippen LogP contribution is -3.00. The molecule has 1 heterocycles. The normalized spacial score (nSPS) is 13.3. The molecule has 1 aromatic heterocycles. The number of rotatable bonds is 8. The summed E-state index contributed by atoms with van der Waals surface area (Å²) in [5.41, 5.74) is 2.64. The molecular formula is C20H20ClN6O6+. The number of nitrogens with one attached hydrogen (secondary N) is 4. The SMILES string of the molecule is O=C(Nc1ccc(Cl)cc1)/C(Cc1cccc[n+]1O)=N/Nc1ccc([NH+]([O-])O)cc1[NH+]([O-])O. The fourth-order valence-corrected chi connectivity index (χ4v) is 2.89. The van der Waals surface area contributed by atoms with Crippen LogP contribution in [-0.2, 0) is 11.2 Å². The highest BCUT2D eigenvalue weighted by Gasteiger charge is 2.20. The molecule has 0 bridgehead atoms. The Kier molecular flexibility index (Phi) is 7.87. The molecule has 3 rings (SSSR count).